The fraction of sp³-hybridized carbons (Fsp3) is 0.600. The lowest BCUT2D eigenvalue weighted by Crippen LogP contribution is -2.23. The lowest BCUT2D eigenvalue weighted by molar-refractivity contribution is -0.127. The van der Waals surface area contributed by atoms with E-state index < -0.39 is 11.6 Å². The normalized spacial score (nSPS) is 14.1. The van der Waals surface area contributed by atoms with E-state index in [0.29, 0.717) is 11.8 Å². The first-order valence-electron chi connectivity index (χ1n) is 2.64. The molecule has 0 saturated heterocycles. The topological polar surface area (TPSA) is 29.4 Å². The summed E-state index contributed by atoms with van der Waals surface area (Å²) in [6.07, 6.45) is -3.26. The Hall–Kier alpha value is -0.520. The Labute approximate surface area is 65.8 Å². The van der Waals surface area contributed by atoms with E-state index in [4.69, 9.17) is 0 Å². The van der Waals surface area contributed by atoms with Gasteiger partial charge in [-0.1, -0.05) is 6.08 Å². The molecule has 0 rings (SSSR count). The van der Waals surface area contributed by atoms with Crippen LogP contribution in [0.25, 0.3) is 0 Å². The maximum atomic E-state index is 11.7. The first-order chi connectivity index (χ1) is 5.02. The molecule has 11 heavy (non-hydrogen) atoms. The molecule has 0 fully saturated rings. The van der Waals surface area contributed by atoms with Gasteiger partial charge < -0.3 is 0 Å². The van der Waals surface area contributed by atoms with Gasteiger partial charge in [-0.25, -0.2) is 0 Å². The second kappa shape index (κ2) is 4.38. The van der Waals surface area contributed by atoms with Crippen LogP contribution >= 0.6 is 11.8 Å². The molecular formula is C5H6F3NOS. The van der Waals surface area contributed by atoms with Gasteiger partial charge in [-0.2, -0.15) is 13.2 Å². The van der Waals surface area contributed by atoms with Gasteiger partial charge in [0, 0.05) is 5.75 Å². The van der Waals surface area contributed by atoms with Crippen molar-refractivity contribution < 1.29 is 13.2 Å². The monoisotopic (exact) mass is 185 g/mol. The summed E-state index contributed by atoms with van der Waals surface area (Å²) < 4.78 is 35.1. The summed E-state index contributed by atoms with van der Waals surface area (Å²) in [4.78, 5) is 9.63. The molecule has 1 unspecified atom stereocenters. The van der Waals surface area contributed by atoms with E-state index in [9.17, 15) is 18.1 Å². The minimum Gasteiger partial charge on any atom is -0.168 e. The lowest BCUT2D eigenvalue weighted by atomic mass is 10.7. The van der Waals surface area contributed by atoms with E-state index >= 15 is 0 Å². The van der Waals surface area contributed by atoms with Crippen LogP contribution in [0.15, 0.2) is 17.8 Å². The molecule has 0 radical (unpaired) electrons. The van der Waals surface area contributed by atoms with Gasteiger partial charge in [0.15, 0.2) is 0 Å². The van der Waals surface area contributed by atoms with E-state index in [-0.39, 0.29) is 5.75 Å². The van der Waals surface area contributed by atoms with Gasteiger partial charge in [0.05, 0.1) is 0 Å². The van der Waals surface area contributed by atoms with E-state index in [2.05, 4.69) is 6.58 Å². The van der Waals surface area contributed by atoms with Crippen LogP contribution in [0, 0.1) is 4.91 Å². The van der Waals surface area contributed by atoms with Crippen molar-refractivity contribution in [2.75, 3.05) is 5.75 Å². The van der Waals surface area contributed by atoms with E-state index in [1.54, 1.807) is 0 Å². The summed E-state index contributed by atoms with van der Waals surface area (Å²) in [6, 6.07) is 0. The van der Waals surface area contributed by atoms with Crippen LogP contribution < -0.4 is 0 Å². The van der Waals surface area contributed by atoms with Gasteiger partial charge >= 0.3 is 6.18 Å². The van der Waals surface area contributed by atoms with Crippen molar-refractivity contribution in [1.29, 1.82) is 0 Å². The molecule has 2 nitrogen and oxygen atoms in total. The lowest BCUT2D eigenvalue weighted by Gasteiger charge is -2.10. The molecule has 0 saturated carbocycles. The Morgan fingerprint density at radius 2 is 2.18 bits per heavy atom. The van der Waals surface area contributed by atoms with Gasteiger partial charge in [-0.15, -0.1) is 23.2 Å². The molecule has 0 heterocycles. The highest BCUT2D eigenvalue weighted by atomic mass is 32.2. The van der Waals surface area contributed by atoms with Crippen LogP contribution in [0.1, 0.15) is 0 Å². The number of hydrogen-bond donors (Lipinski definition) is 0. The van der Waals surface area contributed by atoms with Gasteiger partial charge in [-0.3, -0.25) is 0 Å². The molecule has 0 aliphatic heterocycles. The summed E-state index contributed by atoms with van der Waals surface area (Å²) in [7, 11) is 0. The van der Waals surface area contributed by atoms with Crippen LogP contribution in [-0.4, -0.2) is 17.3 Å². The highest BCUT2D eigenvalue weighted by Crippen LogP contribution is 2.30. The van der Waals surface area contributed by atoms with Crippen LogP contribution in [0.4, 0.5) is 13.2 Å². The highest BCUT2D eigenvalue weighted by Gasteiger charge is 2.41. The van der Waals surface area contributed by atoms with Gasteiger partial charge in [0.2, 0.25) is 5.37 Å². The molecule has 0 aliphatic rings. The Bertz CT molecular complexity index is 147. The molecule has 0 amide bonds. The number of nitroso groups, excluding NO2 is 1. The molecule has 1 atom stereocenters. The first-order valence-corrected chi connectivity index (χ1v) is 3.69. The Balaban J connectivity index is 3.95. The third kappa shape index (κ3) is 4.02. The standard InChI is InChI=1S/C5H6F3NOS/c1-2-3-11-4(9-10)5(6,7)8/h2,4H,1,3H2. The maximum Gasteiger partial charge on any atom is 0.423 e. The van der Waals surface area contributed by atoms with Gasteiger partial charge in [0.25, 0.3) is 0 Å². The molecule has 0 aromatic rings. The molecule has 6 heteroatoms. The molecule has 0 spiro atoms. The zero-order valence-electron chi connectivity index (χ0n) is 5.47. The molecule has 0 aromatic carbocycles. The number of nitrogens with zero attached hydrogens (tertiary/aromatic N) is 1. The predicted molar refractivity (Wildman–Crippen MR) is 38.3 cm³/mol. The summed E-state index contributed by atoms with van der Waals surface area (Å²) >= 11 is 0.406. The number of rotatable bonds is 4. The van der Waals surface area contributed by atoms with Crippen LogP contribution in [0.2, 0.25) is 0 Å². The van der Waals surface area contributed by atoms with Crippen LogP contribution in [0.5, 0.6) is 0 Å². The maximum absolute atomic E-state index is 11.7. The van der Waals surface area contributed by atoms with Crippen molar-refractivity contribution in [3.05, 3.63) is 17.6 Å². The van der Waals surface area contributed by atoms with Crippen molar-refractivity contribution in [3.8, 4) is 0 Å². The summed E-state index contributed by atoms with van der Waals surface area (Å²) in [6.45, 7) is 3.22. The minimum atomic E-state index is -4.55. The van der Waals surface area contributed by atoms with E-state index in [1.165, 1.54) is 6.08 Å². The largest absolute Gasteiger partial charge is 0.423 e. The van der Waals surface area contributed by atoms with Crippen molar-refractivity contribution >= 4 is 11.8 Å². The average Bonchev–Trinajstić information content (AvgIpc) is 1.87. The van der Waals surface area contributed by atoms with E-state index in [0.717, 1.165) is 0 Å². The summed E-state index contributed by atoms with van der Waals surface area (Å²) in [5, 5.41) is -0.229. The number of hydrogen-bond acceptors (Lipinski definition) is 3. The summed E-state index contributed by atoms with van der Waals surface area (Å²) in [5.74, 6) is 0.0654. The highest BCUT2D eigenvalue weighted by molar-refractivity contribution is 8.00. The Morgan fingerprint density at radius 1 is 1.64 bits per heavy atom. The molecular weight excluding hydrogens is 179 g/mol. The van der Waals surface area contributed by atoms with E-state index in [1.807, 2.05) is 5.18 Å². The van der Waals surface area contributed by atoms with Crippen molar-refractivity contribution in [2.24, 2.45) is 5.18 Å². The van der Waals surface area contributed by atoms with Gasteiger partial charge in [0.1, 0.15) is 0 Å². The first kappa shape index (κ1) is 10.5. The van der Waals surface area contributed by atoms with Crippen molar-refractivity contribution in [2.45, 2.75) is 11.6 Å². The quantitative estimate of drug-likeness (QED) is 0.497. The fourth-order valence-electron chi connectivity index (χ4n) is 0.344. The summed E-state index contributed by atoms with van der Waals surface area (Å²) in [5.41, 5.74) is 0. The van der Waals surface area contributed by atoms with Crippen LogP contribution in [0.3, 0.4) is 0 Å². The molecule has 0 aliphatic carbocycles. The van der Waals surface area contributed by atoms with Crippen molar-refractivity contribution in [1.82, 2.24) is 0 Å². The molecule has 0 aromatic heterocycles. The molecule has 0 N–H and O–H groups in total. The fourth-order valence-corrected chi connectivity index (χ4v) is 0.912. The number of halogens is 3. The second-order valence-corrected chi connectivity index (χ2v) is 2.73. The number of thioether (sulfide) groups is 1. The molecule has 64 valence electrons. The average molecular weight is 185 g/mol. The smallest absolute Gasteiger partial charge is 0.168 e. The third-order valence-corrected chi connectivity index (χ3v) is 1.84. The second-order valence-electron chi connectivity index (χ2n) is 1.62. The zero-order chi connectivity index (χ0) is 8.91. The minimum absolute atomic E-state index is 0.0654. The van der Waals surface area contributed by atoms with Crippen LogP contribution in [-0.2, 0) is 0 Å². The Morgan fingerprint density at radius 3 is 2.45 bits per heavy atom. The van der Waals surface area contributed by atoms with Crippen molar-refractivity contribution in [3.63, 3.8) is 0 Å². The Kier molecular flexibility index (Phi) is 4.17. The van der Waals surface area contributed by atoms with Gasteiger partial charge in [-0.05, 0) is 5.18 Å². The number of alkyl halides is 3. The zero-order valence-corrected chi connectivity index (χ0v) is 6.28. The third-order valence-electron chi connectivity index (χ3n) is 0.748. The SMILES string of the molecule is C=CCSC(N=O)C(F)(F)F. The molecule has 0 bridgehead atoms. The predicted octanol–water partition coefficient (Wildman–Crippen LogP) is 2.56.